The number of hydrogen-bond acceptors (Lipinski definition) is 8. The summed E-state index contributed by atoms with van der Waals surface area (Å²) in [4.78, 5) is 40.5. The summed E-state index contributed by atoms with van der Waals surface area (Å²) in [5, 5.41) is 0. The zero-order chi connectivity index (χ0) is 24.1. The highest BCUT2D eigenvalue weighted by Crippen LogP contribution is 2.31. The van der Waals surface area contributed by atoms with Gasteiger partial charge in [0.1, 0.15) is 6.61 Å². The number of esters is 1. The number of benzene rings is 2. The molecule has 10 heteroatoms. The molecule has 180 valence electrons. The van der Waals surface area contributed by atoms with Gasteiger partial charge in [-0.15, -0.1) is 0 Å². The molecule has 2 heterocycles. The van der Waals surface area contributed by atoms with Crippen molar-refractivity contribution in [1.82, 2.24) is 9.80 Å². The van der Waals surface area contributed by atoms with Crippen LogP contribution in [0.3, 0.4) is 0 Å². The van der Waals surface area contributed by atoms with E-state index in [9.17, 15) is 14.4 Å². The van der Waals surface area contributed by atoms with Gasteiger partial charge in [-0.3, -0.25) is 9.59 Å². The quantitative estimate of drug-likeness (QED) is 0.584. The lowest BCUT2D eigenvalue weighted by atomic mass is 10.2. The highest BCUT2D eigenvalue weighted by Gasteiger charge is 2.33. The number of piperazine rings is 1. The molecule has 4 rings (SSSR count). The second-order valence-corrected chi connectivity index (χ2v) is 7.72. The van der Waals surface area contributed by atoms with E-state index in [2.05, 4.69) is 0 Å². The van der Waals surface area contributed by atoms with Crippen LogP contribution < -0.4 is 18.9 Å². The van der Waals surface area contributed by atoms with Crippen molar-refractivity contribution in [3.8, 4) is 23.0 Å². The minimum atomic E-state index is -0.707. The molecule has 34 heavy (non-hydrogen) atoms. The maximum absolute atomic E-state index is 12.9. The topological polar surface area (TPSA) is 104 Å². The fourth-order valence-electron chi connectivity index (χ4n) is 3.78. The van der Waals surface area contributed by atoms with Crippen LogP contribution in [0.15, 0.2) is 42.5 Å². The van der Waals surface area contributed by atoms with Crippen LogP contribution in [0, 0.1) is 0 Å². The van der Waals surface area contributed by atoms with E-state index in [1.165, 1.54) is 26.4 Å². The van der Waals surface area contributed by atoms with Crippen LogP contribution in [0.4, 0.5) is 0 Å². The average Bonchev–Trinajstić information content (AvgIpc) is 2.90. The molecule has 2 aliphatic heterocycles. The Bertz CT molecular complexity index is 1060. The molecule has 1 saturated heterocycles. The molecule has 0 spiro atoms. The Morgan fingerprint density at radius 3 is 2.35 bits per heavy atom. The molecular formula is C24H26N2O8. The van der Waals surface area contributed by atoms with Crippen molar-refractivity contribution in [2.75, 3.05) is 53.6 Å². The third-order valence-corrected chi connectivity index (χ3v) is 5.66. The van der Waals surface area contributed by atoms with Crippen molar-refractivity contribution in [2.45, 2.75) is 6.10 Å². The van der Waals surface area contributed by atoms with Crippen molar-refractivity contribution in [3.63, 3.8) is 0 Å². The monoisotopic (exact) mass is 470 g/mol. The molecule has 2 aromatic rings. The van der Waals surface area contributed by atoms with Gasteiger partial charge in [0, 0.05) is 26.2 Å². The van der Waals surface area contributed by atoms with Gasteiger partial charge in [-0.2, -0.15) is 0 Å². The van der Waals surface area contributed by atoms with Crippen LogP contribution in [-0.4, -0.2) is 87.3 Å². The van der Waals surface area contributed by atoms with Crippen LogP contribution in [0.2, 0.25) is 0 Å². The predicted octanol–water partition coefficient (Wildman–Crippen LogP) is 1.37. The third kappa shape index (κ3) is 5.00. The number of para-hydroxylation sites is 2. The van der Waals surface area contributed by atoms with Gasteiger partial charge < -0.3 is 33.5 Å². The molecule has 0 bridgehead atoms. The molecule has 0 aliphatic carbocycles. The van der Waals surface area contributed by atoms with Gasteiger partial charge in [0.25, 0.3) is 11.8 Å². The van der Waals surface area contributed by atoms with E-state index in [1.807, 2.05) is 12.1 Å². The summed E-state index contributed by atoms with van der Waals surface area (Å²) in [5.74, 6) is 0.967. The van der Waals surface area contributed by atoms with E-state index in [4.69, 9.17) is 23.7 Å². The minimum Gasteiger partial charge on any atom is -0.493 e. The SMILES string of the molecule is COC(=O)c1ccc(OCC(=O)N2CCN(C(=O)C3COc4ccccc4O3)CC2)c(OC)c1. The molecule has 10 nitrogen and oxygen atoms in total. The first kappa shape index (κ1) is 23.2. The molecule has 0 radical (unpaired) electrons. The summed E-state index contributed by atoms with van der Waals surface area (Å²) in [6.45, 7) is 1.51. The Morgan fingerprint density at radius 1 is 0.941 bits per heavy atom. The number of ether oxygens (including phenoxy) is 5. The minimum absolute atomic E-state index is 0.152. The second kappa shape index (κ2) is 10.3. The number of carbonyl (C=O) groups is 3. The average molecular weight is 470 g/mol. The van der Waals surface area contributed by atoms with E-state index in [-0.39, 0.29) is 25.0 Å². The van der Waals surface area contributed by atoms with Crippen LogP contribution in [0.25, 0.3) is 0 Å². The number of rotatable bonds is 6. The number of fused-ring (bicyclic) bond motifs is 1. The normalized spacial score (nSPS) is 17.1. The van der Waals surface area contributed by atoms with E-state index < -0.39 is 12.1 Å². The van der Waals surface area contributed by atoms with Gasteiger partial charge in [-0.25, -0.2) is 4.79 Å². The molecule has 2 aliphatic rings. The van der Waals surface area contributed by atoms with Crippen LogP contribution in [-0.2, 0) is 14.3 Å². The van der Waals surface area contributed by atoms with Crippen molar-refractivity contribution >= 4 is 17.8 Å². The van der Waals surface area contributed by atoms with Gasteiger partial charge in [0.2, 0.25) is 6.10 Å². The second-order valence-electron chi connectivity index (χ2n) is 7.72. The Labute approximate surface area is 196 Å². The molecule has 2 amide bonds. The predicted molar refractivity (Wildman–Crippen MR) is 119 cm³/mol. The fraction of sp³-hybridized carbons (Fsp3) is 0.375. The van der Waals surface area contributed by atoms with E-state index >= 15 is 0 Å². The van der Waals surface area contributed by atoms with Gasteiger partial charge >= 0.3 is 5.97 Å². The Hall–Kier alpha value is -3.95. The Balaban J connectivity index is 1.27. The fourth-order valence-corrected chi connectivity index (χ4v) is 3.78. The summed E-state index contributed by atoms with van der Waals surface area (Å²) < 4.78 is 27.0. The largest absolute Gasteiger partial charge is 0.493 e. The molecule has 2 aromatic carbocycles. The van der Waals surface area contributed by atoms with Gasteiger partial charge in [-0.05, 0) is 30.3 Å². The highest BCUT2D eigenvalue weighted by molar-refractivity contribution is 5.90. The number of amides is 2. The smallest absolute Gasteiger partial charge is 0.337 e. The van der Waals surface area contributed by atoms with E-state index in [1.54, 1.807) is 28.0 Å². The van der Waals surface area contributed by atoms with Crippen LogP contribution in [0.5, 0.6) is 23.0 Å². The summed E-state index contributed by atoms with van der Waals surface area (Å²) in [5.41, 5.74) is 0.314. The van der Waals surface area contributed by atoms with Crippen molar-refractivity contribution < 1.29 is 38.1 Å². The number of hydrogen-bond donors (Lipinski definition) is 0. The standard InChI is InChI=1S/C24H26N2O8/c1-30-20-13-16(24(29)31-2)7-8-18(20)33-15-22(27)25-9-11-26(12-10-25)23(28)21-14-32-17-5-3-4-6-19(17)34-21/h3-8,13,21H,9-12,14-15H2,1-2H3. The zero-order valence-electron chi connectivity index (χ0n) is 19.0. The summed E-state index contributed by atoms with van der Waals surface area (Å²) >= 11 is 0. The molecule has 0 N–H and O–H groups in total. The first-order chi connectivity index (χ1) is 16.5. The highest BCUT2D eigenvalue weighted by atomic mass is 16.6. The maximum atomic E-state index is 12.9. The molecule has 0 aromatic heterocycles. The molecule has 1 atom stereocenters. The van der Waals surface area contributed by atoms with Gasteiger partial charge in [0.05, 0.1) is 19.8 Å². The van der Waals surface area contributed by atoms with Crippen molar-refractivity contribution in [3.05, 3.63) is 48.0 Å². The lowest BCUT2D eigenvalue weighted by Gasteiger charge is -2.37. The first-order valence-corrected chi connectivity index (χ1v) is 10.8. The lowest BCUT2D eigenvalue weighted by Crippen LogP contribution is -2.55. The van der Waals surface area contributed by atoms with Crippen molar-refractivity contribution in [2.24, 2.45) is 0 Å². The maximum Gasteiger partial charge on any atom is 0.337 e. The summed E-state index contributed by atoms with van der Waals surface area (Å²) in [7, 11) is 2.74. The van der Waals surface area contributed by atoms with Crippen LogP contribution >= 0.6 is 0 Å². The van der Waals surface area contributed by atoms with Gasteiger partial charge in [0.15, 0.2) is 29.6 Å². The first-order valence-electron chi connectivity index (χ1n) is 10.8. The van der Waals surface area contributed by atoms with E-state index in [0.717, 1.165) is 0 Å². The number of carbonyl (C=O) groups excluding carboxylic acids is 3. The molecule has 1 fully saturated rings. The van der Waals surface area contributed by atoms with Gasteiger partial charge in [-0.1, -0.05) is 12.1 Å². The number of methoxy groups -OCH3 is 2. The lowest BCUT2D eigenvalue weighted by molar-refractivity contribution is -0.146. The Kier molecular flexibility index (Phi) is 7.05. The summed E-state index contributed by atoms with van der Waals surface area (Å²) in [6, 6.07) is 11.8. The molecule has 1 unspecified atom stereocenters. The van der Waals surface area contributed by atoms with E-state index in [0.29, 0.717) is 54.7 Å². The zero-order valence-corrected chi connectivity index (χ0v) is 19.0. The molecule has 0 saturated carbocycles. The number of nitrogens with zero attached hydrogens (tertiary/aromatic N) is 2. The van der Waals surface area contributed by atoms with Crippen LogP contribution in [0.1, 0.15) is 10.4 Å². The van der Waals surface area contributed by atoms with Crippen molar-refractivity contribution in [1.29, 1.82) is 0 Å². The third-order valence-electron chi connectivity index (χ3n) is 5.66. The Morgan fingerprint density at radius 2 is 1.65 bits per heavy atom. The molecular weight excluding hydrogens is 444 g/mol. The summed E-state index contributed by atoms with van der Waals surface area (Å²) in [6.07, 6.45) is -0.707.